The summed E-state index contributed by atoms with van der Waals surface area (Å²) in [5.74, 6) is 0.277. The molecule has 1 rings (SSSR count). The van der Waals surface area contributed by atoms with E-state index in [0.717, 1.165) is 11.1 Å². The molecule has 0 aliphatic heterocycles. The molecule has 1 aromatic rings. The number of likely N-dealkylation sites (N-methyl/N-ethyl adjacent to an activating group) is 1. The first kappa shape index (κ1) is 14.5. The maximum absolute atomic E-state index is 11.8. The van der Waals surface area contributed by atoms with Gasteiger partial charge in [-0.1, -0.05) is 17.7 Å². The highest BCUT2D eigenvalue weighted by Crippen LogP contribution is 2.25. The average Bonchev–Trinajstić information content (AvgIpc) is 2.30. The highest BCUT2D eigenvalue weighted by atomic mass is 16.3. The van der Waals surface area contributed by atoms with E-state index in [-0.39, 0.29) is 23.7 Å². The maximum Gasteiger partial charge on any atom is 0.238 e. The van der Waals surface area contributed by atoms with Gasteiger partial charge in [0.2, 0.25) is 5.91 Å². The molecule has 0 radical (unpaired) electrons. The molecule has 2 N–H and O–H groups in total. The zero-order valence-corrected chi connectivity index (χ0v) is 11.7. The standard InChI is InChI=1S/C14H22N2O2/c1-9-6-7-13(17)12(8-9)10(2)15-11(3)14(18)16(4)5/h6-8,10-11,15,17H,1-5H3. The highest BCUT2D eigenvalue weighted by molar-refractivity contribution is 5.80. The molecule has 0 aromatic heterocycles. The molecular weight excluding hydrogens is 228 g/mol. The Morgan fingerprint density at radius 2 is 1.94 bits per heavy atom. The van der Waals surface area contributed by atoms with Gasteiger partial charge in [-0.25, -0.2) is 0 Å². The number of phenolic OH excluding ortho intramolecular Hbond substituents is 1. The first-order chi connectivity index (χ1) is 8.32. The van der Waals surface area contributed by atoms with Gasteiger partial charge in [-0.3, -0.25) is 10.1 Å². The Bertz CT molecular complexity index is 430. The van der Waals surface area contributed by atoms with Crippen molar-refractivity contribution in [2.75, 3.05) is 14.1 Å². The number of benzene rings is 1. The second-order valence-electron chi connectivity index (χ2n) is 4.90. The van der Waals surface area contributed by atoms with Gasteiger partial charge in [0.1, 0.15) is 5.75 Å². The van der Waals surface area contributed by atoms with E-state index in [1.165, 1.54) is 0 Å². The van der Waals surface area contributed by atoms with E-state index in [1.54, 1.807) is 25.1 Å². The first-order valence-corrected chi connectivity index (χ1v) is 6.09. The minimum atomic E-state index is -0.282. The quantitative estimate of drug-likeness (QED) is 0.857. The number of rotatable bonds is 4. The number of amides is 1. The molecule has 0 saturated heterocycles. The Labute approximate surface area is 109 Å². The second-order valence-corrected chi connectivity index (χ2v) is 4.90. The summed E-state index contributed by atoms with van der Waals surface area (Å²) in [6.45, 7) is 5.74. The molecule has 0 fully saturated rings. The van der Waals surface area contributed by atoms with Gasteiger partial charge in [-0.05, 0) is 26.8 Å². The van der Waals surface area contributed by atoms with Crippen LogP contribution in [0.25, 0.3) is 0 Å². The number of hydrogen-bond acceptors (Lipinski definition) is 3. The number of carbonyl (C=O) groups is 1. The summed E-state index contributed by atoms with van der Waals surface area (Å²) in [6.07, 6.45) is 0. The highest BCUT2D eigenvalue weighted by Gasteiger charge is 2.19. The molecule has 1 aromatic carbocycles. The minimum absolute atomic E-state index is 0.0222. The molecular formula is C14H22N2O2. The van der Waals surface area contributed by atoms with Crippen molar-refractivity contribution in [2.45, 2.75) is 32.9 Å². The van der Waals surface area contributed by atoms with Crippen LogP contribution in [0.4, 0.5) is 0 Å². The van der Waals surface area contributed by atoms with E-state index < -0.39 is 0 Å². The number of aryl methyl sites for hydroxylation is 1. The zero-order chi connectivity index (χ0) is 13.9. The summed E-state index contributed by atoms with van der Waals surface area (Å²) in [5, 5.41) is 13.0. The molecule has 0 spiro atoms. The summed E-state index contributed by atoms with van der Waals surface area (Å²) in [4.78, 5) is 13.3. The largest absolute Gasteiger partial charge is 0.508 e. The fourth-order valence-electron chi connectivity index (χ4n) is 1.94. The smallest absolute Gasteiger partial charge is 0.238 e. The molecule has 2 atom stereocenters. The number of carbonyl (C=O) groups excluding carboxylic acids is 1. The van der Waals surface area contributed by atoms with Crippen LogP contribution in [0.3, 0.4) is 0 Å². The van der Waals surface area contributed by atoms with E-state index >= 15 is 0 Å². The van der Waals surface area contributed by atoms with Crippen LogP contribution in [0.5, 0.6) is 5.75 Å². The number of aromatic hydroxyl groups is 1. The molecule has 0 saturated carbocycles. The van der Waals surface area contributed by atoms with Crippen molar-refractivity contribution in [3.63, 3.8) is 0 Å². The van der Waals surface area contributed by atoms with Crippen LogP contribution >= 0.6 is 0 Å². The third kappa shape index (κ3) is 3.47. The van der Waals surface area contributed by atoms with Gasteiger partial charge in [0, 0.05) is 25.7 Å². The zero-order valence-electron chi connectivity index (χ0n) is 11.7. The molecule has 4 heteroatoms. The Hall–Kier alpha value is -1.55. The van der Waals surface area contributed by atoms with Crippen LogP contribution in [0.2, 0.25) is 0 Å². The van der Waals surface area contributed by atoms with E-state index in [4.69, 9.17) is 0 Å². The molecule has 0 aliphatic rings. The van der Waals surface area contributed by atoms with Crippen molar-refractivity contribution in [1.29, 1.82) is 0 Å². The predicted octanol–water partition coefficient (Wildman–Crippen LogP) is 1.83. The van der Waals surface area contributed by atoms with Crippen molar-refractivity contribution in [3.05, 3.63) is 29.3 Å². The van der Waals surface area contributed by atoms with E-state index in [2.05, 4.69) is 5.32 Å². The number of nitrogens with zero attached hydrogens (tertiary/aromatic N) is 1. The van der Waals surface area contributed by atoms with Gasteiger partial charge in [-0.2, -0.15) is 0 Å². The van der Waals surface area contributed by atoms with E-state index in [1.807, 2.05) is 32.9 Å². The third-order valence-electron chi connectivity index (χ3n) is 2.96. The van der Waals surface area contributed by atoms with Crippen LogP contribution in [0, 0.1) is 6.92 Å². The Morgan fingerprint density at radius 3 is 2.50 bits per heavy atom. The topological polar surface area (TPSA) is 52.6 Å². The molecule has 0 aliphatic carbocycles. The maximum atomic E-state index is 11.8. The van der Waals surface area contributed by atoms with Crippen molar-refractivity contribution in [3.8, 4) is 5.75 Å². The Balaban J connectivity index is 2.79. The van der Waals surface area contributed by atoms with E-state index in [0.29, 0.717) is 0 Å². The molecule has 4 nitrogen and oxygen atoms in total. The van der Waals surface area contributed by atoms with Gasteiger partial charge in [0.05, 0.1) is 6.04 Å². The summed E-state index contributed by atoms with van der Waals surface area (Å²) in [7, 11) is 3.46. The molecule has 100 valence electrons. The fourth-order valence-corrected chi connectivity index (χ4v) is 1.94. The summed E-state index contributed by atoms with van der Waals surface area (Å²) in [6, 6.07) is 5.11. The lowest BCUT2D eigenvalue weighted by Gasteiger charge is -2.23. The van der Waals surface area contributed by atoms with Crippen molar-refractivity contribution in [2.24, 2.45) is 0 Å². The molecule has 0 bridgehead atoms. The van der Waals surface area contributed by atoms with Gasteiger partial charge in [0.15, 0.2) is 0 Å². The summed E-state index contributed by atoms with van der Waals surface area (Å²) < 4.78 is 0. The summed E-state index contributed by atoms with van der Waals surface area (Å²) >= 11 is 0. The predicted molar refractivity (Wildman–Crippen MR) is 72.6 cm³/mol. The lowest BCUT2D eigenvalue weighted by atomic mass is 10.0. The number of hydrogen-bond donors (Lipinski definition) is 2. The summed E-state index contributed by atoms with van der Waals surface area (Å²) in [5.41, 5.74) is 1.90. The van der Waals surface area contributed by atoms with Crippen molar-refractivity contribution in [1.82, 2.24) is 10.2 Å². The molecule has 18 heavy (non-hydrogen) atoms. The molecule has 1 amide bonds. The van der Waals surface area contributed by atoms with E-state index in [9.17, 15) is 9.90 Å². The van der Waals surface area contributed by atoms with Gasteiger partial charge in [-0.15, -0.1) is 0 Å². The Morgan fingerprint density at radius 1 is 1.33 bits per heavy atom. The van der Waals surface area contributed by atoms with Crippen molar-refractivity contribution < 1.29 is 9.90 Å². The SMILES string of the molecule is Cc1ccc(O)c(C(C)NC(C)C(=O)N(C)C)c1. The van der Waals surface area contributed by atoms with Crippen molar-refractivity contribution >= 4 is 5.91 Å². The number of phenols is 1. The minimum Gasteiger partial charge on any atom is -0.508 e. The second kappa shape index (κ2) is 5.87. The average molecular weight is 250 g/mol. The van der Waals surface area contributed by atoms with Gasteiger partial charge in [0.25, 0.3) is 0 Å². The molecule has 0 heterocycles. The fraction of sp³-hybridized carbons (Fsp3) is 0.500. The lowest BCUT2D eigenvalue weighted by molar-refractivity contribution is -0.130. The first-order valence-electron chi connectivity index (χ1n) is 6.09. The van der Waals surface area contributed by atoms with Crippen LogP contribution < -0.4 is 5.32 Å². The third-order valence-corrected chi connectivity index (χ3v) is 2.96. The van der Waals surface area contributed by atoms with Crippen LogP contribution in [0.1, 0.15) is 31.0 Å². The van der Waals surface area contributed by atoms with Crippen LogP contribution in [0.15, 0.2) is 18.2 Å². The van der Waals surface area contributed by atoms with Crippen LogP contribution in [-0.2, 0) is 4.79 Å². The monoisotopic (exact) mass is 250 g/mol. The van der Waals surface area contributed by atoms with Gasteiger partial charge >= 0.3 is 0 Å². The lowest BCUT2D eigenvalue weighted by Crippen LogP contribution is -2.42. The number of nitrogens with one attached hydrogen (secondary N) is 1. The normalized spacial score (nSPS) is 14.1. The van der Waals surface area contributed by atoms with Crippen LogP contribution in [-0.4, -0.2) is 36.1 Å². The van der Waals surface area contributed by atoms with Gasteiger partial charge < -0.3 is 10.0 Å². The Kier molecular flexibility index (Phi) is 4.73. The molecule has 2 unspecified atom stereocenters.